The molecule has 8 nitrogen and oxygen atoms in total. The molecule has 3 aromatic rings. The van der Waals surface area contributed by atoms with Crippen LogP contribution in [0.15, 0.2) is 60.7 Å². The average Bonchev–Trinajstić information content (AvgIpc) is 3.37. The van der Waals surface area contributed by atoms with Gasteiger partial charge < -0.3 is 25.0 Å². The minimum absolute atomic E-state index is 0.0580. The number of hydrogen-bond acceptors (Lipinski definition) is 5. The number of amides is 2. The summed E-state index contributed by atoms with van der Waals surface area (Å²) >= 11 is 0. The Morgan fingerprint density at radius 1 is 1.11 bits per heavy atom. The number of fused-ring (bicyclic) bond motifs is 1. The number of rotatable bonds is 6. The van der Waals surface area contributed by atoms with Crippen LogP contribution in [0.4, 0.5) is 5.69 Å². The van der Waals surface area contributed by atoms with Crippen molar-refractivity contribution in [2.24, 2.45) is 0 Å². The average molecular weight is 512 g/mol. The molecule has 0 saturated carbocycles. The molecular formula is C30H31N4O4+. The molecule has 2 aliphatic heterocycles. The van der Waals surface area contributed by atoms with Crippen LogP contribution in [0.5, 0.6) is 11.5 Å². The second kappa shape index (κ2) is 11.0. The van der Waals surface area contributed by atoms with Gasteiger partial charge in [0.2, 0.25) is 5.91 Å². The Hall–Kier alpha value is -4.35. The van der Waals surface area contributed by atoms with Gasteiger partial charge in [0.1, 0.15) is 35.4 Å². The molecule has 2 heterocycles. The van der Waals surface area contributed by atoms with Gasteiger partial charge in [-0.05, 0) is 35.7 Å². The van der Waals surface area contributed by atoms with Crippen molar-refractivity contribution in [2.75, 3.05) is 13.1 Å². The number of phenols is 1. The molecule has 0 aromatic heterocycles. The Balaban J connectivity index is 1.36. The number of aromatic hydroxyl groups is 1. The van der Waals surface area contributed by atoms with Crippen LogP contribution < -0.4 is 10.1 Å². The fraction of sp³-hybridized carbons (Fsp3) is 0.300. The molecular weight excluding hydrogens is 480 g/mol. The predicted octanol–water partition coefficient (Wildman–Crippen LogP) is 3.20. The van der Waals surface area contributed by atoms with Gasteiger partial charge in [0.15, 0.2) is 0 Å². The number of likely N-dealkylation sites (tertiary alicyclic amines) is 1. The van der Waals surface area contributed by atoms with Gasteiger partial charge in [-0.3, -0.25) is 9.59 Å². The van der Waals surface area contributed by atoms with E-state index in [1.54, 1.807) is 11.8 Å². The number of phenolic OH excluding ortho intramolecular Hbond substituents is 1. The third kappa shape index (κ3) is 5.34. The highest BCUT2D eigenvalue weighted by Crippen LogP contribution is 2.35. The lowest BCUT2D eigenvalue weighted by Crippen LogP contribution is -2.87. The van der Waals surface area contributed by atoms with Crippen molar-refractivity contribution in [1.29, 1.82) is 5.26 Å². The second-order valence-electron chi connectivity index (χ2n) is 9.93. The maximum atomic E-state index is 13.7. The maximum absolute atomic E-state index is 13.7. The highest BCUT2D eigenvalue weighted by molar-refractivity contribution is 6.00. The summed E-state index contributed by atoms with van der Waals surface area (Å²) in [4.78, 5) is 29.2. The lowest BCUT2D eigenvalue weighted by molar-refractivity contribution is -0.613. The Labute approximate surface area is 222 Å². The fourth-order valence-corrected chi connectivity index (χ4v) is 5.32. The summed E-state index contributed by atoms with van der Waals surface area (Å²) in [7, 11) is 0. The number of carbonyl (C=O) groups is 2. The van der Waals surface area contributed by atoms with E-state index in [0.717, 1.165) is 41.8 Å². The first-order chi connectivity index (χ1) is 18.4. The van der Waals surface area contributed by atoms with E-state index in [9.17, 15) is 20.0 Å². The lowest BCUT2D eigenvalue weighted by Gasteiger charge is -2.30. The molecule has 8 heteroatoms. The third-order valence-corrected chi connectivity index (χ3v) is 7.29. The van der Waals surface area contributed by atoms with E-state index < -0.39 is 0 Å². The topological polar surface area (TPSA) is 110 Å². The summed E-state index contributed by atoms with van der Waals surface area (Å²) in [6.07, 6.45) is 2.00. The standard InChI is InChI=1S/C30H30N4O4/c1-20(35)33-12-6-10-24(17-33)32-26-11-5-9-23-16-34(18-25(23)26)30(37)29-27(36)13-22(15-31)14-28(29)38-19-21-7-3-2-4-8-21/h2-5,7-9,11,13-14,24,32,36H,6,10,12,16-19H2,1H3/p+1/t24-/m1/s1. The van der Waals surface area contributed by atoms with E-state index >= 15 is 0 Å². The Bertz CT molecular complexity index is 1400. The van der Waals surface area contributed by atoms with Crippen LogP contribution in [0.2, 0.25) is 0 Å². The zero-order valence-electron chi connectivity index (χ0n) is 21.4. The minimum Gasteiger partial charge on any atom is -0.507 e. The van der Waals surface area contributed by atoms with Gasteiger partial charge in [-0.25, -0.2) is 0 Å². The summed E-state index contributed by atoms with van der Waals surface area (Å²) in [6.45, 7) is 4.15. The largest absolute Gasteiger partial charge is 0.507 e. The summed E-state index contributed by atoms with van der Waals surface area (Å²) in [5.41, 5.74) is 4.41. The van der Waals surface area contributed by atoms with Crippen LogP contribution in [0.25, 0.3) is 0 Å². The molecule has 0 spiro atoms. The van der Waals surface area contributed by atoms with Crippen molar-refractivity contribution < 1.29 is 24.7 Å². The molecule has 3 aromatic carbocycles. The van der Waals surface area contributed by atoms with Gasteiger partial charge in [0.25, 0.3) is 5.91 Å². The monoisotopic (exact) mass is 511 g/mol. The fourth-order valence-electron chi connectivity index (χ4n) is 5.32. The van der Waals surface area contributed by atoms with E-state index in [-0.39, 0.29) is 47.1 Å². The Morgan fingerprint density at radius 3 is 2.68 bits per heavy atom. The number of ether oxygens (including phenoxy) is 1. The smallest absolute Gasteiger partial charge is 0.262 e. The number of quaternary nitrogens is 1. The third-order valence-electron chi connectivity index (χ3n) is 7.29. The molecule has 0 radical (unpaired) electrons. The van der Waals surface area contributed by atoms with Crippen LogP contribution in [-0.4, -0.2) is 45.9 Å². The molecule has 2 aliphatic rings. The number of carbonyl (C=O) groups excluding carboxylic acids is 2. The first kappa shape index (κ1) is 25.3. The first-order valence-electron chi connectivity index (χ1n) is 12.9. The van der Waals surface area contributed by atoms with E-state index in [0.29, 0.717) is 19.6 Å². The van der Waals surface area contributed by atoms with E-state index in [1.165, 1.54) is 12.1 Å². The highest BCUT2D eigenvalue weighted by Gasteiger charge is 2.33. The Morgan fingerprint density at radius 2 is 1.92 bits per heavy atom. The number of nitrogens with zero attached hydrogens (tertiary/aromatic N) is 3. The minimum atomic E-state index is -0.349. The van der Waals surface area contributed by atoms with E-state index in [2.05, 4.69) is 11.4 Å². The van der Waals surface area contributed by atoms with Crippen molar-refractivity contribution in [3.63, 3.8) is 0 Å². The second-order valence-corrected chi connectivity index (χ2v) is 9.93. The van der Waals surface area contributed by atoms with Crippen molar-refractivity contribution in [2.45, 2.75) is 45.5 Å². The molecule has 1 saturated heterocycles. The predicted molar refractivity (Wildman–Crippen MR) is 140 cm³/mol. The summed E-state index contributed by atoms with van der Waals surface area (Å²) < 4.78 is 5.96. The molecule has 1 fully saturated rings. The van der Waals surface area contributed by atoms with Gasteiger partial charge >= 0.3 is 0 Å². The van der Waals surface area contributed by atoms with Gasteiger partial charge in [0, 0.05) is 32.0 Å². The van der Waals surface area contributed by atoms with Crippen LogP contribution in [0.1, 0.15) is 52.4 Å². The number of piperidine rings is 1. The molecule has 2 amide bonds. The molecule has 0 aliphatic carbocycles. The van der Waals surface area contributed by atoms with E-state index in [4.69, 9.17) is 4.74 Å². The van der Waals surface area contributed by atoms with Gasteiger partial charge in [-0.15, -0.1) is 0 Å². The van der Waals surface area contributed by atoms with Crippen molar-refractivity contribution in [1.82, 2.24) is 9.80 Å². The first-order valence-corrected chi connectivity index (χ1v) is 12.9. The molecule has 38 heavy (non-hydrogen) atoms. The zero-order valence-corrected chi connectivity index (χ0v) is 21.4. The molecule has 194 valence electrons. The molecule has 5 rings (SSSR count). The summed E-state index contributed by atoms with van der Waals surface area (Å²) in [6, 6.07) is 20.7. The van der Waals surface area contributed by atoms with Crippen LogP contribution in [0.3, 0.4) is 0 Å². The number of nitriles is 1. The Kier molecular flexibility index (Phi) is 7.29. The summed E-state index contributed by atoms with van der Waals surface area (Å²) in [5, 5.41) is 22.4. The normalized spacial score (nSPS) is 16.6. The molecule has 3 N–H and O–H groups in total. The molecule has 0 unspecified atom stereocenters. The number of benzene rings is 3. The van der Waals surface area contributed by atoms with Crippen molar-refractivity contribution >= 4 is 17.5 Å². The van der Waals surface area contributed by atoms with Gasteiger partial charge in [0.05, 0.1) is 24.7 Å². The number of nitrogens with two attached hydrogens (primary N) is 1. The molecule has 0 bridgehead atoms. The van der Waals surface area contributed by atoms with Gasteiger partial charge in [-0.2, -0.15) is 5.26 Å². The maximum Gasteiger partial charge on any atom is 0.262 e. The van der Waals surface area contributed by atoms with Crippen LogP contribution in [-0.2, 0) is 24.5 Å². The van der Waals surface area contributed by atoms with Gasteiger partial charge in [-0.1, -0.05) is 42.5 Å². The zero-order chi connectivity index (χ0) is 26.6. The van der Waals surface area contributed by atoms with E-state index in [1.807, 2.05) is 53.4 Å². The number of hydrogen-bond donors (Lipinski definition) is 2. The van der Waals surface area contributed by atoms with Crippen LogP contribution in [0, 0.1) is 11.3 Å². The molecule has 1 atom stereocenters. The SMILES string of the molecule is CC(=O)N1CCC[C@@H]([NH2+]c2cccc3c2CN(C(=O)c2c(O)cc(C#N)cc2OCc2ccccc2)C3)C1. The quantitative estimate of drug-likeness (QED) is 0.494. The van der Waals surface area contributed by atoms with Crippen molar-refractivity contribution in [3.8, 4) is 17.6 Å². The van der Waals surface area contributed by atoms with Crippen molar-refractivity contribution in [3.05, 3.63) is 88.5 Å². The summed E-state index contributed by atoms with van der Waals surface area (Å²) in [5.74, 6) is -0.334. The lowest BCUT2D eigenvalue weighted by atomic mass is 10.0. The highest BCUT2D eigenvalue weighted by atomic mass is 16.5. The van der Waals surface area contributed by atoms with Crippen LogP contribution >= 0.6 is 0 Å².